The van der Waals surface area contributed by atoms with Crippen LogP contribution < -0.4 is 0 Å². The van der Waals surface area contributed by atoms with E-state index in [0.29, 0.717) is 11.7 Å². The number of carbonyl (C=O) groups is 1. The van der Waals surface area contributed by atoms with Crippen LogP contribution in [-0.4, -0.2) is 19.0 Å². The fourth-order valence-corrected chi connectivity index (χ4v) is 5.68. The van der Waals surface area contributed by atoms with Crippen LogP contribution in [-0.2, 0) is 9.53 Å². The highest BCUT2D eigenvalue weighted by Crippen LogP contribution is 2.60. The number of hydrogen-bond acceptors (Lipinski definition) is 2. The lowest BCUT2D eigenvalue weighted by molar-refractivity contribution is -0.144. The molecule has 18 heavy (non-hydrogen) atoms. The minimum absolute atomic E-state index is 0.122. The lowest BCUT2D eigenvalue weighted by Crippen LogP contribution is -2.50. The molecule has 5 rings (SSSR count). The summed E-state index contributed by atoms with van der Waals surface area (Å²) in [5.41, 5.74) is 0.122. The van der Waals surface area contributed by atoms with Gasteiger partial charge in [0.05, 0.1) is 0 Å². The number of rotatable bonds is 3. The SMILES string of the molecule is O=C(CC1CCOC1)C12CC3CC(CC(C3)C1)C2. The monoisotopic (exact) mass is 248 g/mol. The van der Waals surface area contributed by atoms with Gasteiger partial charge in [0, 0.05) is 25.0 Å². The molecule has 4 aliphatic carbocycles. The van der Waals surface area contributed by atoms with Crippen molar-refractivity contribution in [3.8, 4) is 0 Å². The van der Waals surface area contributed by atoms with Crippen molar-refractivity contribution in [3.05, 3.63) is 0 Å². The maximum atomic E-state index is 12.8. The van der Waals surface area contributed by atoms with Crippen molar-refractivity contribution in [1.29, 1.82) is 0 Å². The third-order valence-electron chi connectivity index (χ3n) is 6.13. The van der Waals surface area contributed by atoms with E-state index in [1.807, 2.05) is 0 Å². The smallest absolute Gasteiger partial charge is 0.139 e. The summed E-state index contributed by atoms with van der Waals surface area (Å²) in [5.74, 6) is 3.81. The Balaban J connectivity index is 1.50. The van der Waals surface area contributed by atoms with Gasteiger partial charge in [0.25, 0.3) is 0 Å². The second-order valence-corrected chi connectivity index (χ2v) is 7.55. The summed E-state index contributed by atoms with van der Waals surface area (Å²) in [7, 11) is 0. The molecule has 0 N–H and O–H groups in total. The minimum atomic E-state index is 0.122. The molecule has 0 amide bonds. The van der Waals surface area contributed by atoms with Crippen molar-refractivity contribution in [3.63, 3.8) is 0 Å². The standard InChI is InChI=1S/C16H24O2/c17-15(6-11-1-2-18-10-11)16-7-12-3-13(8-16)5-14(4-12)9-16/h11-14H,1-10H2. The molecule has 0 aromatic rings. The average molecular weight is 248 g/mol. The zero-order chi connectivity index (χ0) is 12.2. The van der Waals surface area contributed by atoms with Crippen molar-refractivity contribution < 1.29 is 9.53 Å². The second-order valence-electron chi connectivity index (χ2n) is 7.55. The maximum Gasteiger partial charge on any atom is 0.139 e. The topological polar surface area (TPSA) is 26.3 Å². The lowest BCUT2D eigenvalue weighted by Gasteiger charge is -2.56. The van der Waals surface area contributed by atoms with E-state index in [0.717, 1.165) is 43.8 Å². The molecule has 0 radical (unpaired) electrons. The van der Waals surface area contributed by atoms with Crippen molar-refractivity contribution in [1.82, 2.24) is 0 Å². The molecule has 4 saturated carbocycles. The van der Waals surface area contributed by atoms with Gasteiger partial charge in [0.15, 0.2) is 0 Å². The predicted molar refractivity (Wildman–Crippen MR) is 69.2 cm³/mol. The fourth-order valence-electron chi connectivity index (χ4n) is 5.68. The van der Waals surface area contributed by atoms with Crippen LogP contribution in [0.15, 0.2) is 0 Å². The number of hydrogen-bond donors (Lipinski definition) is 0. The van der Waals surface area contributed by atoms with Gasteiger partial charge in [0.1, 0.15) is 5.78 Å². The van der Waals surface area contributed by atoms with Crippen LogP contribution in [0.5, 0.6) is 0 Å². The Labute approximate surface area is 109 Å². The Morgan fingerprint density at radius 1 is 1.06 bits per heavy atom. The molecule has 5 aliphatic rings. The Bertz CT molecular complexity index is 319. The fraction of sp³-hybridized carbons (Fsp3) is 0.938. The van der Waals surface area contributed by atoms with Gasteiger partial charge in [-0.1, -0.05) is 0 Å². The van der Waals surface area contributed by atoms with Crippen LogP contribution in [0.3, 0.4) is 0 Å². The Morgan fingerprint density at radius 2 is 1.67 bits per heavy atom. The number of ketones is 1. The van der Waals surface area contributed by atoms with Crippen molar-refractivity contribution >= 4 is 5.78 Å². The first-order valence-electron chi connectivity index (χ1n) is 7.84. The molecule has 0 aromatic carbocycles. The Hall–Kier alpha value is -0.370. The van der Waals surface area contributed by atoms with Crippen molar-refractivity contribution in [2.75, 3.05) is 13.2 Å². The highest BCUT2D eigenvalue weighted by molar-refractivity contribution is 5.85. The summed E-state index contributed by atoms with van der Waals surface area (Å²) in [5, 5.41) is 0. The molecule has 0 spiro atoms. The molecule has 1 unspecified atom stereocenters. The zero-order valence-electron chi connectivity index (χ0n) is 11.2. The molecule has 5 fully saturated rings. The quantitative estimate of drug-likeness (QED) is 0.766. The van der Waals surface area contributed by atoms with Gasteiger partial charge < -0.3 is 4.74 Å². The van der Waals surface area contributed by atoms with E-state index in [-0.39, 0.29) is 5.41 Å². The summed E-state index contributed by atoms with van der Waals surface area (Å²) in [6.45, 7) is 1.71. The minimum Gasteiger partial charge on any atom is -0.381 e. The third-order valence-corrected chi connectivity index (χ3v) is 6.13. The highest BCUT2D eigenvalue weighted by Gasteiger charge is 2.54. The van der Waals surface area contributed by atoms with E-state index < -0.39 is 0 Å². The van der Waals surface area contributed by atoms with E-state index in [1.54, 1.807) is 0 Å². The molecular weight excluding hydrogens is 224 g/mol. The summed E-state index contributed by atoms with van der Waals surface area (Å²) in [4.78, 5) is 12.8. The number of carbonyl (C=O) groups excluding carboxylic acids is 1. The summed E-state index contributed by atoms with van der Waals surface area (Å²) in [6, 6.07) is 0. The molecule has 100 valence electrons. The number of ether oxygens (including phenoxy) is 1. The molecule has 1 heterocycles. The third kappa shape index (κ3) is 1.76. The molecule has 1 aliphatic heterocycles. The van der Waals surface area contributed by atoms with Crippen LogP contribution in [0.25, 0.3) is 0 Å². The molecule has 0 aromatic heterocycles. The van der Waals surface area contributed by atoms with Gasteiger partial charge >= 0.3 is 0 Å². The highest BCUT2D eigenvalue weighted by atomic mass is 16.5. The maximum absolute atomic E-state index is 12.8. The molecular formula is C16H24O2. The summed E-state index contributed by atoms with van der Waals surface area (Å²) >= 11 is 0. The van der Waals surface area contributed by atoms with Crippen LogP contribution in [0.4, 0.5) is 0 Å². The van der Waals surface area contributed by atoms with E-state index in [2.05, 4.69) is 0 Å². The van der Waals surface area contributed by atoms with Gasteiger partial charge in [-0.2, -0.15) is 0 Å². The summed E-state index contributed by atoms with van der Waals surface area (Å²) < 4.78 is 5.42. The average Bonchev–Trinajstić information content (AvgIpc) is 2.79. The van der Waals surface area contributed by atoms with Crippen LogP contribution in [0.2, 0.25) is 0 Å². The van der Waals surface area contributed by atoms with E-state index in [4.69, 9.17) is 4.74 Å². The van der Waals surface area contributed by atoms with Gasteiger partial charge in [-0.25, -0.2) is 0 Å². The van der Waals surface area contributed by atoms with Crippen LogP contribution >= 0.6 is 0 Å². The van der Waals surface area contributed by atoms with E-state index in [1.165, 1.54) is 38.5 Å². The van der Waals surface area contributed by atoms with Crippen LogP contribution in [0, 0.1) is 29.1 Å². The lowest BCUT2D eigenvalue weighted by atomic mass is 9.48. The zero-order valence-corrected chi connectivity index (χ0v) is 11.2. The Kier molecular flexibility index (Phi) is 2.58. The molecule has 1 saturated heterocycles. The molecule has 4 bridgehead atoms. The summed E-state index contributed by atoms with van der Waals surface area (Å²) in [6.07, 6.45) is 9.89. The van der Waals surface area contributed by atoms with Crippen LogP contribution in [0.1, 0.15) is 51.4 Å². The molecule has 2 heteroatoms. The molecule has 2 nitrogen and oxygen atoms in total. The first-order chi connectivity index (χ1) is 8.73. The number of Topliss-reactive ketones (excluding diaryl/α,β-unsaturated/α-hetero) is 1. The van der Waals surface area contributed by atoms with Crippen molar-refractivity contribution in [2.45, 2.75) is 51.4 Å². The second kappa shape index (κ2) is 4.06. The van der Waals surface area contributed by atoms with E-state index >= 15 is 0 Å². The first kappa shape index (κ1) is 11.5. The van der Waals surface area contributed by atoms with E-state index in [9.17, 15) is 4.79 Å². The Morgan fingerprint density at radius 3 is 2.17 bits per heavy atom. The van der Waals surface area contributed by atoms with Gasteiger partial charge in [-0.3, -0.25) is 4.79 Å². The van der Waals surface area contributed by atoms with Gasteiger partial charge in [0.2, 0.25) is 0 Å². The van der Waals surface area contributed by atoms with Crippen molar-refractivity contribution in [2.24, 2.45) is 29.1 Å². The predicted octanol–water partition coefficient (Wildman–Crippen LogP) is 3.20. The normalized spacial score (nSPS) is 49.8. The largest absolute Gasteiger partial charge is 0.381 e. The first-order valence-corrected chi connectivity index (χ1v) is 7.84. The van der Waals surface area contributed by atoms with Gasteiger partial charge in [-0.15, -0.1) is 0 Å². The molecule has 1 atom stereocenters. The van der Waals surface area contributed by atoms with Gasteiger partial charge in [-0.05, 0) is 68.6 Å².